The number of rotatable bonds is 5. The van der Waals surface area contributed by atoms with E-state index in [2.05, 4.69) is 4.98 Å². The topological polar surface area (TPSA) is 50.2 Å². The van der Waals surface area contributed by atoms with Crippen LogP contribution in [0.5, 0.6) is 0 Å². The van der Waals surface area contributed by atoms with Gasteiger partial charge >= 0.3 is 12.1 Å². The van der Waals surface area contributed by atoms with Gasteiger partial charge in [0.15, 0.2) is 0 Å². The molecular weight excluding hydrogens is 403 g/mol. The number of carboxylic acid groups (broad SMARTS) is 1. The van der Waals surface area contributed by atoms with Gasteiger partial charge in [-0.2, -0.15) is 13.2 Å². The second-order valence-corrected chi connectivity index (χ2v) is 7.31. The van der Waals surface area contributed by atoms with E-state index in [9.17, 15) is 23.1 Å². The zero-order valence-electron chi connectivity index (χ0n) is 16.4. The van der Waals surface area contributed by atoms with Crippen molar-refractivity contribution in [3.63, 3.8) is 0 Å². The third-order valence-electron chi connectivity index (χ3n) is 5.20. The maximum atomic E-state index is 13.6. The number of fused-ring (bicyclic) bond motifs is 1. The molecule has 3 nitrogen and oxygen atoms in total. The van der Waals surface area contributed by atoms with E-state index in [1.54, 1.807) is 24.3 Å². The molecule has 1 N–H and O–H groups in total. The van der Waals surface area contributed by atoms with E-state index < -0.39 is 17.7 Å². The van der Waals surface area contributed by atoms with Gasteiger partial charge in [-0.25, -0.2) is 4.79 Å². The molecule has 4 rings (SSSR count). The van der Waals surface area contributed by atoms with Crippen LogP contribution < -0.4 is 0 Å². The number of aromatic carboxylic acids is 1. The molecule has 0 aliphatic rings. The molecule has 1 aromatic heterocycles. The van der Waals surface area contributed by atoms with Crippen molar-refractivity contribution < 1.29 is 23.1 Å². The van der Waals surface area contributed by atoms with Crippen LogP contribution in [-0.2, 0) is 19.0 Å². The molecule has 0 saturated heterocycles. The van der Waals surface area contributed by atoms with Gasteiger partial charge in [-0.05, 0) is 53.3 Å². The van der Waals surface area contributed by atoms with Gasteiger partial charge < -0.3 is 5.11 Å². The standard InChI is InChI=1S/C25H18F3NO2/c26-25(27,28)22-11-5-10-20-21(14-17-8-4-9-18(13-17)24(30)31)19(15-29-23(20)22)12-16-6-2-1-3-7-16/h1-11,13,15H,12,14H2,(H,30,31). The second kappa shape index (κ2) is 8.22. The summed E-state index contributed by atoms with van der Waals surface area (Å²) in [5.74, 6) is -1.05. The third kappa shape index (κ3) is 4.43. The molecule has 0 bridgehead atoms. The number of hydrogen-bond donors (Lipinski definition) is 1. The third-order valence-corrected chi connectivity index (χ3v) is 5.20. The van der Waals surface area contributed by atoms with E-state index in [1.165, 1.54) is 18.3 Å². The lowest BCUT2D eigenvalue weighted by Crippen LogP contribution is -2.08. The summed E-state index contributed by atoms with van der Waals surface area (Å²) in [6.07, 6.45) is -2.22. The minimum Gasteiger partial charge on any atom is -0.478 e. The van der Waals surface area contributed by atoms with E-state index in [1.807, 2.05) is 30.3 Å². The lowest BCUT2D eigenvalue weighted by molar-refractivity contribution is -0.136. The number of carboxylic acids is 1. The summed E-state index contributed by atoms with van der Waals surface area (Å²) in [6, 6.07) is 20.1. The molecule has 0 radical (unpaired) electrons. The van der Waals surface area contributed by atoms with Gasteiger partial charge in [-0.15, -0.1) is 0 Å². The van der Waals surface area contributed by atoms with Gasteiger partial charge in [0.2, 0.25) is 0 Å². The lowest BCUT2D eigenvalue weighted by atomic mass is 9.92. The molecular formula is C25H18F3NO2. The van der Waals surface area contributed by atoms with E-state index in [4.69, 9.17) is 0 Å². The summed E-state index contributed by atoms with van der Waals surface area (Å²) in [6.45, 7) is 0. The van der Waals surface area contributed by atoms with Crippen molar-refractivity contribution in [1.82, 2.24) is 4.98 Å². The van der Waals surface area contributed by atoms with Gasteiger partial charge in [0.25, 0.3) is 0 Å². The van der Waals surface area contributed by atoms with Crippen LogP contribution in [-0.4, -0.2) is 16.1 Å². The van der Waals surface area contributed by atoms with Gasteiger partial charge in [0.1, 0.15) is 0 Å². The van der Waals surface area contributed by atoms with E-state index in [0.717, 1.165) is 17.2 Å². The van der Waals surface area contributed by atoms with Crippen molar-refractivity contribution in [1.29, 1.82) is 0 Å². The van der Waals surface area contributed by atoms with Crippen LogP contribution in [0.15, 0.2) is 79.0 Å². The number of benzene rings is 3. The number of para-hydroxylation sites is 1. The van der Waals surface area contributed by atoms with E-state index in [-0.39, 0.29) is 11.1 Å². The van der Waals surface area contributed by atoms with Crippen LogP contribution >= 0.6 is 0 Å². The Bertz CT molecular complexity index is 1250. The number of pyridine rings is 1. The van der Waals surface area contributed by atoms with Crippen LogP contribution in [0.2, 0.25) is 0 Å². The van der Waals surface area contributed by atoms with Crippen LogP contribution in [0.25, 0.3) is 10.9 Å². The van der Waals surface area contributed by atoms with E-state index in [0.29, 0.717) is 29.4 Å². The van der Waals surface area contributed by atoms with Crippen LogP contribution in [0.3, 0.4) is 0 Å². The van der Waals surface area contributed by atoms with Gasteiger partial charge in [0.05, 0.1) is 16.6 Å². The Morgan fingerprint density at radius 2 is 1.58 bits per heavy atom. The summed E-state index contributed by atoms with van der Waals surface area (Å²) < 4.78 is 40.7. The van der Waals surface area contributed by atoms with Crippen LogP contribution in [0, 0.1) is 0 Å². The first-order valence-corrected chi connectivity index (χ1v) is 9.66. The Morgan fingerprint density at radius 3 is 2.29 bits per heavy atom. The molecule has 4 aromatic rings. The molecule has 1 heterocycles. The smallest absolute Gasteiger partial charge is 0.418 e. The molecule has 6 heteroatoms. The van der Waals surface area contributed by atoms with Gasteiger partial charge in [-0.1, -0.05) is 54.6 Å². The summed E-state index contributed by atoms with van der Waals surface area (Å²) in [5.41, 5.74) is 2.49. The predicted octanol–water partition coefficient (Wildman–Crippen LogP) is 6.13. The fourth-order valence-electron chi connectivity index (χ4n) is 3.74. The highest BCUT2D eigenvalue weighted by Crippen LogP contribution is 2.36. The van der Waals surface area contributed by atoms with Crippen LogP contribution in [0.1, 0.15) is 38.2 Å². The van der Waals surface area contributed by atoms with Gasteiger partial charge in [-0.3, -0.25) is 4.98 Å². The van der Waals surface area contributed by atoms with E-state index >= 15 is 0 Å². The van der Waals surface area contributed by atoms with Crippen molar-refractivity contribution >= 4 is 16.9 Å². The summed E-state index contributed by atoms with van der Waals surface area (Å²) in [7, 11) is 0. The second-order valence-electron chi connectivity index (χ2n) is 7.31. The number of nitrogens with zero attached hydrogens (tertiary/aromatic N) is 1. The average molecular weight is 421 g/mol. The first-order valence-electron chi connectivity index (χ1n) is 9.66. The predicted molar refractivity (Wildman–Crippen MR) is 112 cm³/mol. The van der Waals surface area contributed by atoms with Crippen molar-refractivity contribution in [2.24, 2.45) is 0 Å². The van der Waals surface area contributed by atoms with Crippen molar-refractivity contribution in [3.05, 3.63) is 112 Å². The Morgan fingerprint density at radius 1 is 0.871 bits per heavy atom. The molecule has 31 heavy (non-hydrogen) atoms. The minimum atomic E-state index is -4.52. The van der Waals surface area contributed by atoms with Crippen LogP contribution in [0.4, 0.5) is 13.2 Å². The largest absolute Gasteiger partial charge is 0.478 e. The first kappa shape index (κ1) is 20.6. The fourth-order valence-corrected chi connectivity index (χ4v) is 3.74. The molecule has 0 spiro atoms. The zero-order valence-corrected chi connectivity index (χ0v) is 16.4. The number of carbonyl (C=O) groups is 1. The Kier molecular flexibility index (Phi) is 5.46. The molecule has 156 valence electrons. The number of halogens is 3. The summed E-state index contributed by atoms with van der Waals surface area (Å²) in [5, 5.41) is 9.71. The monoisotopic (exact) mass is 421 g/mol. The SMILES string of the molecule is O=C(O)c1cccc(Cc2c(Cc3ccccc3)cnc3c(C(F)(F)F)cccc23)c1. The average Bonchev–Trinajstić information content (AvgIpc) is 2.75. The molecule has 0 aliphatic carbocycles. The molecule has 0 aliphatic heterocycles. The molecule has 0 atom stereocenters. The Labute approximate surface area is 176 Å². The van der Waals surface area contributed by atoms with Gasteiger partial charge in [0, 0.05) is 11.6 Å². The molecule has 0 saturated carbocycles. The maximum absolute atomic E-state index is 13.6. The maximum Gasteiger partial charge on any atom is 0.418 e. The summed E-state index contributed by atoms with van der Waals surface area (Å²) in [4.78, 5) is 15.5. The minimum absolute atomic E-state index is 0.101. The number of alkyl halides is 3. The Balaban J connectivity index is 1.89. The fraction of sp³-hybridized carbons (Fsp3) is 0.120. The molecule has 3 aromatic carbocycles. The highest BCUT2D eigenvalue weighted by molar-refractivity contribution is 5.88. The highest BCUT2D eigenvalue weighted by Gasteiger charge is 2.33. The number of hydrogen-bond acceptors (Lipinski definition) is 2. The Hall–Kier alpha value is -3.67. The molecule has 0 unspecified atom stereocenters. The zero-order chi connectivity index (χ0) is 22.0. The van der Waals surface area contributed by atoms with Crippen molar-refractivity contribution in [2.45, 2.75) is 19.0 Å². The molecule has 0 amide bonds. The van der Waals surface area contributed by atoms with Crippen molar-refractivity contribution in [3.8, 4) is 0 Å². The highest BCUT2D eigenvalue weighted by atomic mass is 19.4. The van der Waals surface area contributed by atoms with Crippen molar-refractivity contribution in [2.75, 3.05) is 0 Å². The normalized spacial score (nSPS) is 11.6. The summed E-state index contributed by atoms with van der Waals surface area (Å²) >= 11 is 0. The molecule has 0 fully saturated rings. The lowest BCUT2D eigenvalue weighted by Gasteiger charge is -2.16. The first-order chi connectivity index (χ1) is 14.8. The quantitative estimate of drug-likeness (QED) is 0.422. The number of aromatic nitrogens is 1.